The van der Waals surface area contributed by atoms with Crippen molar-refractivity contribution in [1.82, 2.24) is 5.32 Å². The highest BCUT2D eigenvalue weighted by Gasteiger charge is 2.19. The molecule has 2 N–H and O–H groups in total. The predicted molar refractivity (Wildman–Crippen MR) is 151 cm³/mol. The summed E-state index contributed by atoms with van der Waals surface area (Å²) < 4.78 is 26.1. The van der Waals surface area contributed by atoms with Gasteiger partial charge in [0.25, 0.3) is 11.8 Å². The third-order valence-corrected chi connectivity index (χ3v) is 7.19. The van der Waals surface area contributed by atoms with Gasteiger partial charge in [0.05, 0.1) is 35.8 Å². The van der Waals surface area contributed by atoms with Gasteiger partial charge in [-0.05, 0) is 54.4 Å². The number of rotatable bonds is 9. The summed E-state index contributed by atoms with van der Waals surface area (Å²) in [4.78, 5) is 26.0. The number of para-hydroxylation sites is 2. The van der Waals surface area contributed by atoms with Gasteiger partial charge in [0.15, 0.2) is 0 Å². The zero-order chi connectivity index (χ0) is 27.1. The molecular formula is C30H29N3O4S. The van der Waals surface area contributed by atoms with Gasteiger partial charge in [0, 0.05) is 5.56 Å². The number of carbonyl (C=O) groups excluding carboxylic acids is 2. The highest BCUT2D eigenvalue weighted by molar-refractivity contribution is 7.92. The van der Waals surface area contributed by atoms with E-state index in [0.717, 1.165) is 17.4 Å². The molecular weight excluding hydrogens is 498 g/mol. The summed E-state index contributed by atoms with van der Waals surface area (Å²) in [5, 5.41) is 5.80. The molecule has 0 aliphatic heterocycles. The van der Waals surface area contributed by atoms with Crippen LogP contribution in [-0.2, 0) is 16.6 Å². The number of hydrogen-bond acceptors (Lipinski definition) is 4. The number of nitrogens with one attached hydrogen (secondary N) is 2. The number of carbonyl (C=O) groups is 2. The first-order chi connectivity index (χ1) is 18.2. The van der Waals surface area contributed by atoms with Crippen LogP contribution in [-0.4, -0.2) is 26.5 Å². The summed E-state index contributed by atoms with van der Waals surface area (Å²) in [6.07, 6.45) is 1.16. The normalized spacial score (nSPS) is 11.8. The van der Waals surface area contributed by atoms with Crippen molar-refractivity contribution in [2.45, 2.75) is 19.5 Å². The fourth-order valence-electron chi connectivity index (χ4n) is 4.01. The first-order valence-corrected chi connectivity index (χ1v) is 13.9. The average molecular weight is 528 g/mol. The maximum Gasteiger partial charge on any atom is 0.255 e. The van der Waals surface area contributed by atoms with Crippen LogP contribution in [0.25, 0.3) is 0 Å². The molecule has 0 radical (unpaired) electrons. The van der Waals surface area contributed by atoms with E-state index < -0.39 is 10.0 Å². The molecule has 0 aromatic heterocycles. The van der Waals surface area contributed by atoms with Crippen LogP contribution >= 0.6 is 0 Å². The van der Waals surface area contributed by atoms with Gasteiger partial charge in [0.2, 0.25) is 10.0 Å². The maximum absolute atomic E-state index is 13.0. The minimum absolute atomic E-state index is 0.132. The second-order valence-corrected chi connectivity index (χ2v) is 10.8. The Bertz CT molecular complexity index is 1510. The molecule has 1 atom stereocenters. The molecule has 0 spiro atoms. The van der Waals surface area contributed by atoms with E-state index >= 15 is 0 Å². The summed E-state index contributed by atoms with van der Waals surface area (Å²) in [5.74, 6) is -0.676. The molecule has 0 aliphatic carbocycles. The lowest BCUT2D eigenvalue weighted by molar-refractivity contribution is 0.0940. The van der Waals surface area contributed by atoms with Crippen LogP contribution in [0.5, 0.6) is 0 Å². The smallest absolute Gasteiger partial charge is 0.255 e. The fourth-order valence-corrected chi connectivity index (χ4v) is 4.89. The van der Waals surface area contributed by atoms with E-state index in [0.29, 0.717) is 22.5 Å². The lowest BCUT2D eigenvalue weighted by Gasteiger charge is -2.22. The number of nitrogens with zero attached hydrogens (tertiary/aromatic N) is 1. The topological polar surface area (TPSA) is 95.6 Å². The lowest BCUT2D eigenvalue weighted by atomic mass is 10.1. The first kappa shape index (κ1) is 26.6. The summed E-state index contributed by atoms with van der Waals surface area (Å²) >= 11 is 0. The van der Waals surface area contributed by atoms with E-state index in [9.17, 15) is 18.0 Å². The Balaban J connectivity index is 1.46. The van der Waals surface area contributed by atoms with E-state index in [-0.39, 0.29) is 24.4 Å². The molecule has 4 aromatic carbocycles. The zero-order valence-corrected chi connectivity index (χ0v) is 22.0. The van der Waals surface area contributed by atoms with Crippen molar-refractivity contribution in [2.24, 2.45) is 0 Å². The first-order valence-electron chi connectivity index (χ1n) is 12.1. The number of sulfonamides is 1. The standard InChI is InChI=1S/C30H29N3O4S/c1-22(24-11-5-3-6-12-24)31-30(35)27-15-9-10-16-28(27)32-29(34)25-19-17-23(18-20-25)21-33(38(2,36)37)26-13-7-4-8-14-26/h3-20,22H,21H2,1-2H3,(H,31,35)(H,32,34). The van der Waals surface area contributed by atoms with Crippen molar-refractivity contribution in [3.8, 4) is 0 Å². The molecule has 194 valence electrons. The largest absolute Gasteiger partial charge is 0.345 e. The van der Waals surface area contributed by atoms with E-state index in [1.807, 2.05) is 43.3 Å². The van der Waals surface area contributed by atoms with Crippen LogP contribution in [0.4, 0.5) is 11.4 Å². The Morgan fingerprint density at radius 1 is 0.763 bits per heavy atom. The summed E-state index contributed by atoms with van der Waals surface area (Å²) in [6, 6.07) is 31.8. The molecule has 4 rings (SSSR count). The predicted octanol–water partition coefficient (Wildman–Crippen LogP) is 5.40. The van der Waals surface area contributed by atoms with E-state index in [2.05, 4.69) is 10.6 Å². The number of anilines is 2. The van der Waals surface area contributed by atoms with Gasteiger partial charge in [-0.3, -0.25) is 13.9 Å². The zero-order valence-electron chi connectivity index (χ0n) is 21.2. The molecule has 38 heavy (non-hydrogen) atoms. The molecule has 1 unspecified atom stereocenters. The van der Waals surface area contributed by atoms with Crippen molar-refractivity contribution < 1.29 is 18.0 Å². The highest BCUT2D eigenvalue weighted by atomic mass is 32.2. The van der Waals surface area contributed by atoms with E-state index in [4.69, 9.17) is 0 Å². The molecule has 0 aliphatic rings. The van der Waals surface area contributed by atoms with Gasteiger partial charge in [-0.1, -0.05) is 72.8 Å². The van der Waals surface area contributed by atoms with E-state index in [1.165, 1.54) is 4.31 Å². The Kier molecular flexibility index (Phi) is 8.23. The van der Waals surface area contributed by atoms with Crippen molar-refractivity contribution >= 4 is 33.2 Å². The minimum atomic E-state index is -3.51. The second-order valence-electron chi connectivity index (χ2n) is 8.91. The summed E-state index contributed by atoms with van der Waals surface area (Å²) in [7, 11) is -3.51. The molecule has 7 nitrogen and oxygen atoms in total. The van der Waals surface area contributed by atoms with Crippen molar-refractivity contribution in [2.75, 3.05) is 15.9 Å². The van der Waals surface area contributed by atoms with Gasteiger partial charge in [-0.2, -0.15) is 0 Å². The Hall–Kier alpha value is -4.43. The molecule has 0 fully saturated rings. The van der Waals surface area contributed by atoms with Crippen LogP contribution in [0.2, 0.25) is 0 Å². The number of benzene rings is 4. The Labute approximate surface area is 223 Å². The Morgan fingerprint density at radius 3 is 1.97 bits per heavy atom. The SMILES string of the molecule is CC(NC(=O)c1ccccc1NC(=O)c1ccc(CN(c2ccccc2)S(C)(=O)=O)cc1)c1ccccc1. The van der Waals surface area contributed by atoms with Crippen LogP contribution in [0.1, 0.15) is 44.8 Å². The average Bonchev–Trinajstić information content (AvgIpc) is 2.92. The van der Waals surface area contributed by atoms with Crippen molar-refractivity contribution in [3.63, 3.8) is 0 Å². The molecule has 4 aromatic rings. The fraction of sp³-hybridized carbons (Fsp3) is 0.133. The molecule has 0 saturated carbocycles. The monoisotopic (exact) mass is 527 g/mol. The van der Waals surface area contributed by atoms with Gasteiger partial charge in [-0.25, -0.2) is 8.42 Å². The number of hydrogen-bond donors (Lipinski definition) is 2. The second kappa shape index (κ2) is 11.7. The van der Waals surface area contributed by atoms with Gasteiger partial charge in [0.1, 0.15) is 0 Å². The van der Waals surface area contributed by atoms with Gasteiger partial charge < -0.3 is 10.6 Å². The molecule has 0 heterocycles. The maximum atomic E-state index is 13.0. The molecule has 2 amide bonds. The van der Waals surface area contributed by atoms with Gasteiger partial charge >= 0.3 is 0 Å². The van der Waals surface area contributed by atoms with Crippen LogP contribution in [0.15, 0.2) is 109 Å². The molecule has 8 heteroatoms. The van der Waals surface area contributed by atoms with Crippen molar-refractivity contribution in [1.29, 1.82) is 0 Å². The van der Waals surface area contributed by atoms with Crippen molar-refractivity contribution in [3.05, 3.63) is 131 Å². The van der Waals surface area contributed by atoms with Crippen LogP contribution < -0.4 is 14.9 Å². The lowest BCUT2D eigenvalue weighted by Crippen LogP contribution is -2.29. The van der Waals surface area contributed by atoms with E-state index in [1.54, 1.807) is 72.8 Å². The summed E-state index contributed by atoms with van der Waals surface area (Å²) in [6.45, 7) is 2.03. The number of amides is 2. The molecule has 0 bridgehead atoms. The molecule has 0 saturated heterocycles. The minimum Gasteiger partial charge on any atom is -0.345 e. The van der Waals surface area contributed by atoms with Crippen LogP contribution in [0, 0.1) is 0 Å². The quantitative estimate of drug-likeness (QED) is 0.305. The third-order valence-electron chi connectivity index (χ3n) is 6.05. The summed E-state index contributed by atoms with van der Waals surface area (Å²) in [5.41, 5.74) is 3.40. The Morgan fingerprint density at radius 2 is 1.34 bits per heavy atom. The van der Waals surface area contributed by atoms with Gasteiger partial charge in [-0.15, -0.1) is 0 Å². The highest BCUT2D eigenvalue weighted by Crippen LogP contribution is 2.22. The van der Waals surface area contributed by atoms with Crippen LogP contribution in [0.3, 0.4) is 0 Å². The third kappa shape index (κ3) is 6.66.